The van der Waals surface area contributed by atoms with Gasteiger partial charge in [-0.15, -0.1) is 0 Å². The molecule has 6 rings (SSSR count). The molecule has 8 amide bonds. The molecule has 11 heteroatoms. The van der Waals surface area contributed by atoms with Crippen molar-refractivity contribution in [2.75, 3.05) is 30.4 Å². The fraction of sp³-hybridized carbons (Fsp3) is 0.333. The number of carbonyl (C=O) groups excluding carboxylic acids is 6. The average Bonchev–Trinajstić information content (AvgIpc) is 3.45. The van der Waals surface area contributed by atoms with Crippen molar-refractivity contribution < 1.29 is 28.8 Å². The first-order valence-electron chi connectivity index (χ1n) is 13.4. The van der Waals surface area contributed by atoms with Crippen molar-refractivity contribution in [3.8, 4) is 0 Å². The van der Waals surface area contributed by atoms with Crippen molar-refractivity contribution in [3.63, 3.8) is 0 Å². The molecule has 4 heterocycles. The van der Waals surface area contributed by atoms with Crippen LogP contribution in [0.25, 0.3) is 6.08 Å². The van der Waals surface area contributed by atoms with Crippen LogP contribution in [0.5, 0.6) is 0 Å². The quantitative estimate of drug-likeness (QED) is 0.343. The second kappa shape index (κ2) is 9.12. The Hall–Kier alpha value is -4.80. The van der Waals surface area contributed by atoms with Crippen LogP contribution in [-0.2, 0) is 25.6 Å². The van der Waals surface area contributed by atoms with E-state index in [1.165, 1.54) is 20.2 Å². The summed E-state index contributed by atoms with van der Waals surface area (Å²) in [5.41, 5.74) is 2.39. The van der Waals surface area contributed by atoms with Crippen LogP contribution < -0.4 is 15.1 Å². The lowest BCUT2D eigenvalue weighted by Crippen LogP contribution is -2.70. The molecule has 0 radical (unpaired) electrons. The standard InChI is InChI=1S/C30H29N5O6/c1-16-7-5-8-21(17(16)2)35-25(37)20(24(36)31-28(35)40)14-18-10-11-22-19(13-18)15-30(23-9-6-12-34(22)23)26(38)32(3)29(41)33(4)27(30)39/h5,7-8,10-11,13-14,23H,6,9,12,15H2,1-4H3,(H,31,36,40)/b20-14+. The van der Waals surface area contributed by atoms with E-state index in [2.05, 4.69) is 10.2 Å². The number of nitrogens with one attached hydrogen (secondary N) is 1. The minimum atomic E-state index is -1.46. The summed E-state index contributed by atoms with van der Waals surface area (Å²) < 4.78 is 0. The Morgan fingerprint density at radius 3 is 2.34 bits per heavy atom. The summed E-state index contributed by atoms with van der Waals surface area (Å²) in [4.78, 5) is 83.9. The lowest BCUT2D eigenvalue weighted by molar-refractivity contribution is -0.159. The maximum absolute atomic E-state index is 13.6. The lowest BCUT2D eigenvalue weighted by Gasteiger charge is -2.50. The molecular weight excluding hydrogens is 526 g/mol. The summed E-state index contributed by atoms with van der Waals surface area (Å²) in [7, 11) is 2.78. The van der Waals surface area contributed by atoms with Gasteiger partial charge in [-0.3, -0.25) is 34.3 Å². The number of barbiturate groups is 2. The van der Waals surface area contributed by atoms with Crippen LogP contribution in [0, 0.1) is 19.3 Å². The number of fused-ring (bicyclic) bond motifs is 4. The third kappa shape index (κ3) is 3.64. The van der Waals surface area contributed by atoms with Crippen molar-refractivity contribution in [1.82, 2.24) is 15.1 Å². The zero-order valence-corrected chi connectivity index (χ0v) is 23.2. The number of imide groups is 4. The number of hydrogen-bond donors (Lipinski definition) is 1. The molecule has 1 spiro atoms. The van der Waals surface area contributed by atoms with Crippen molar-refractivity contribution in [1.29, 1.82) is 0 Å². The van der Waals surface area contributed by atoms with Gasteiger partial charge in [-0.25, -0.2) is 14.5 Å². The van der Waals surface area contributed by atoms with Gasteiger partial charge >= 0.3 is 12.1 Å². The Labute approximate surface area is 236 Å². The first kappa shape index (κ1) is 26.4. The van der Waals surface area contributed by atoms with Crippen LogP contribution in [0.1, 0.15) is 35.1 Å². The number of benzene rings is 2. The van der Waals surface area contributed by atoms with Crippen LogP contribution in [0.3, 0.4) is 0 Å². The number of carbonyl (C=O) groups is 6. The van der Waals surface area contributed by atoms with Gasteiger partial charge < -0.3 is 4.90 Å². The summed E-state index contributed by atoms with van der Waals surface area (Å²) in [5, 5.41) is 2.26. The van der Waals surface area contributed by atoms with Gasteiger partial charge in [0.15, 0.2) is 5.41 Å². The van der Waals surface area contributed by atoms with Gasteiger partial charge in [-0.2, -0.15) is 0 Å². The number of hydrogen-bond acceptors (Lipinski definition) is 7. The molecule has 0 saturated carbocycles. The van der Waals surface area contributed by atoms with Crippen molar-refractivity contribution in [3.05, 3.63) is 64.2 Å². The minimum absolute atomic E-state index is 0.0768. The summed E-state index contributed by atoms with van der Waals surface area (Å²) in [5.74, 6) is -2.61. The highest BCUT2D eigenvalue weighted by atomic mass is 16.2. The lowest BCUT2D eigenvalue weighted by atomic mass is 9.68. The van der Waals surface area contributed by atoms with E-state index in [1.54, 1.807) is 31.2 Å². The molecule has 210 valence electrons. The predicted molar refractivity (Wildman–Crippen MR) is 149 cm³/mol. The minimum Gasteiger partial charge on any atom is -0.367 e. The predicted octanol–water partition coefficient (Wildman–Crippen LogP) is 2.53. The maximum Gasteiger partial charge on any atom is 0.335 e. The van der Waals surface area contributed by atoms with Gasteiger partial charge in [0.1, 0.15) is 5.57 Å². The average molecular weight is 556 g/mol. The van der Waals surface area contributed by atoms with Crippen molar-refractivity contribution in [2.24, 2.45) is 5.41 Å². The zero-order valence-electron chi connectivity index (χ0n) is 23.2. The van der Waals surface area contributed by atoms with E-state index in [-0.39, 0.29) is 18.0 Å². The molecule has 4 aliphatic rings. The molecule has 3 saturated heterocycles. The van der Waals surface area contributed by atoms with Gasteiger partial charge in [0.05, 0.1) is 11.7 Å². The highest BCUT2D eigenvalue weighted by molar-refractivity contribution is 6.39. The molecule has 0 aromatic heterocycles. The van der Waals surface area contributed by atoms with E-state index in [1.807, 2.05) is 19.1 Å². The largest absolute Gasteiger partial charge is 0.367 e. The van der Waals surface area contributed by atoms with Crippen LogP contribution in [0.15, 0.2) is 42.0 Å². The molecule has 0 bridgehead atoms. The SMILES string of the molecule is Cc1cccc(N2C(=O)NC(=O)/C(=C\c3ccc4c(c3)CC3(C(=O)N(C)C(=O)N(C)C3=O)C3CCCN43)C2=O)c1C. The van der Waals surface area contributed by atoms with Crippen LogP contribution in [0.2, 0.25) is 0 Å². The van der Waals surface area contributed by atoms with Crippen molar-refractivity contribution >= 4 is 53.1 Å². The Bertz CT molecular complexity index is 1600. The van der Waals surface area contributed by atoms with Crippen LogP contribution in [0.4, 0.5) is 21.0 Å². The Kier molecular flexibility index (Phi) is 5.88. The summed E-state index contributed by atoms with van der Waals surface area (Å²) in [6.45, 7) is 4.31. The van der Waals surface area contributed by atoms with E-state index in [0.717, 1.165) is 37.9 Å². The summed E-state index contributed by atoms with van der Waals surface area (Å²) >= 11 is 0. The molecule has 2 aromatic rings. The topological polar surface area (TPSA) is 127 Å². The number of amides is 8. The Balaban J connectivity index is 1.42. The van der Waals surface area contributed by atoms with E-state index in [9.17, 15) is 28.8 Å². The third-order valence-corrected chi connectivity index (χ3v) is 8.88. The van der Waals surface area contributed by atoms with Crippen LogP contribution >= 0.6 is 0 Å². The van der Waals surface area contributed by atoms with E-state index < -0.39 is 41.1 Å². The van der Waals surface area contributed by atoms with Crippen LogP contribution in [-0.4, -0.2) is 72.2 Å². The number of anilines is 2. The maximum atomic E-state index is 13.6. The molecule has 11 nitrogen and oxygen atoms in total. The Morgan fingerprint density at radius 1 is 0.927 bits per heavy atom. The van der Waals surface area contributed by atoms with Gasteiger partial charge in [0, 0.05) is 26.3 Å². The van der Waals surface area contributed by atoms with Gasteiger partial charge in [0.25, 0.3) is 11.8 Å². The summed E-state index contributed by atoms with van der Waals surface area (Å²) in [6, 6.07) is 8.76. The molecule has 1 atom stereocenters. The van der Waals surface area contributed by atoms with E-state index in [4.69, 9.17) is 0 Å². The first-order chi connectivity index (χ1) is 19.5. The first-order valence-corrected chi connectivity index (χ1v) is 13.4. The molecule has 1 unspecified atom stereocenters. The molecule has 0 aliphatic carbocycles. The smallest absolute Gasteiger partial charge is 0.335 e. The zero-order chi connectivity index (χ0) is 29.4. The highest BCUT2D eigenvalue weighted by Crippen LogP contribution is 2.49. The number of aryl methyl sites for hydroxylation is 1. The third-order valence-electron chi connectivity index (χ3n) is 8.88. The molecular formula is C30H29N5O6. The molecule has 4 aliphatic heterocycles. The van der Waals surface area contributed by atoms with E-state index >= 15 is 0 Å². The second-order valence-corrected chi connectivity index (χ2v) is 11.1. The molecule has 1 N–H and O–H groups in total. The fourth-order valence-corrected chi connectivity index (χ4v) is 6.65. The normalized spacial score (nSPS) is 23.0. The number of nitrogens with zero attached hydrogens (tertiary/aromatic N) is 4. The van der Waals surface area contributed by atoms with Gasteiger partial charge in [-0.05, 0) is 79.6 Å². The second-order valence-electron chi connectivity index (χ2n) is 11.1. The highest BCUT2D eigenvalue weighted by Gasteiger charge is 2.63. The molecule has 2 aromatic carbocycles. The summed E-state index contributed by atoms with van der Waals surface area (Å²) in [6.07, 6.45) is 2.91. The van der Waals surface area contributed by atoms with Gasteiger partial charge in [-0.1, -0.05) is 18.2 Å². The van der Waals surface area contributed by atoms with Gasteiger partial charge in [0.2, 0.25) is 11.8 Å². The van der Waals surface area contributed by atoms with Crippen molar-refractivity contribution in [2.45, 2.75) is 39.2 Å². The number of urea groups is 2. The molecule has 3 fully saturated rings. The fourth-order valence-electron chi connectivity index (χ4n) is 6.65. The Morgan fingerprint density at radius 2 is 1.63 bits per heavy atom. The van der Waals surface area contributed by atoms with E-state index in [0.29, 0.717) is 29.8 Å². The number of rotatable bonds is 2. The monoisotopic (exact) mass is 555 g/mol. The molecule has 41 heavy (non-hydrogen) atoms.